The molecule has 2 aliphatic rings. The molecule has 1 aromatic rings. The monoisotopic (exact) mass is 371 g/mol. The Bertz CT molecular complexity index is 633. The van der Waals surface area contributed by atoms with E-state index in [4.69, 9.17) is 0 Å². The smallest absolute Gasteiger partial charge is 0.247 e. The van der Waals surface area contributed by atoms with Crippen LogP contribution >= 0.6 is 0 Å². The van der Waals surface area contributed by atoms with Crippen molar-refractivity contribution in [2.75, 3.05) is 29.9 Å². The summed E-state index contributed by atoms with van der Waals surface area (Å²) in [4.78, 5) is 29.5. The number of likely N-dealkylation sites (tertiary alicyclic amines) is 1. The van der Waals surface area contributed by atoms with Crippen molar-refractivity contribution in [2.45, 2.75) is 64.8 Å². The quantitative estimate of drug-likeness (QED) is 0.869. The molecule has 0 aromatic heterocycles. The van der Waals surface area contributed by atoms with Crippen LogP contribution < -0.4 is 10.2 Å². The maximum Gasteiger partial charge on any atom is 0.247 e. The fourth-order valence-corrected chi connectivity index (χ4v) is 4.11. The fourth-order valence-electron chi connectivity index (χ4n) is 4.11. The number of amides is 2. The highest BCUT2D eigenvalue weighted by molar-refractivity contribution is 5.97. The van der Waals surface area contributed by atoms with Gasteiger partial charge in [0.05, 0.1) is 0 Å². The van der Waals surface area contributed by atoms with E-state index >= 15 is 0 Å². The largest absolute Gasteiger partial charge is 0.372 e. The number of nitrogens with zero attached hydrogens (tertiary/aromatic N) is 2. The van der Waals surface area contributed by atoms with E-state index in [2.05, 4.69) is 22.3 Å². The molecule has 0 bridgehead atoms. The van der Waals surface area contributed by atoms with Gasteiger partial charge in [0.25, 0.3) is 0 Å². The first-order chi connectivity index (χ1) is 13.1. The minimum atomic E-state index is -0.348. The van der Waals surface area contributed by atoms with Crippen LogP contribution in [0.2, 0.25) is 0 Å². The molecular formula is C22H33N3O2. The lowest BCUT2D eigenvalue weighted by molar-refractivity contribution is -0.142. The molecule has 1 atom stereocenters. The third-order valence-electron chi connectivity index (χ3n) is 5.69. The van der Waals surface area contributed by atoms with E-state index in [0.29, 0.717) is 6.54 Å². The van der Waals surface area contributed by atoms with E-state index in [-0.39, 0.29) is 23.8 Å². The van der Waals surface area contributed by atoms with E-state index in [0.717, 1.165) is 38.0 Å². The summed E-state index contributed by atoms with van der Waals surface area (Å²) in [5.41, 5.74) is 2.03. The van der Waals surface area contributed by atoms with Gasteiger partial charge in [-0.2, -0.15) is 0 Å². The lowest BCUT2D eigenvalue weighted by atomic mass is 9.99. The van der Waals surface area contributed by atoms with Gasteiger partial charge in [0.2, 0.25) is 11.8 Å². The normalized spacial score (nSPS) is 21.1. The maximum absolute atomic E-state index is 12.8. The first-order valence-electron chi connectivity index (χ1n) is 10.5. The Balaban J connectivity index is 1.63. The second-order valence-electron chi connectivity index (χ2n) is 8.14. The molecular weight excluding hydrogens is 338 g/mol. The van der Waals surface area contributed by atoms with Gasteiger partial charge in [0.1, 0.15) is 6.04 Å². The van der Waals surface area contributed by atoms with Gasteiger partial charge in [-0.25, -0.2) is 0 Å². The van der Waals surface area contributed by atoms with Gasteiger partial charge in [-0.3, -0.25) is 9.59 Å². The highest BCUT2D eigenvalue weighted by Gasteiger charge is 2.33. The first-order valence-corrected chi connectivity index (χ1v) is 10.5. The van der Waals surface area contributed by atoms with Crippen LogP contribution in [0, 0.1) is 5.92 Å². The summed E-state index contributed by atoms with van der Waals surface area (Å²) in [6, 6.07) is 7.81. The molecule has 2 heterocycles. The average Bonchev–Trinajstić information content (AvgIpc) is 2.97. The van der Waals surface area contributed by atoms with E-state index in [9.17, 15) is 9.59 Å². The number of benzene rings is 1. The number of carbonyl (C=O) groups is 2. The first kappa shape index (κ1) is 19.7. The average molecular weight is 372 g/mol. The molecule has 0 aliphatic carbocycles. The van der Waals surface area contributed by atoms with Crippen molar-refractivity contribution in [3.8, 4) is 0 Å². The molecule has 0 radical (unpaired) electrons. The Kier molecular flexibility index (Phi) is 6.75. The molecule has 2 amide bonds. The van der Waals surface area contributed by atoms with Gasteiger partial charge < -0.3 is 15.1 Å². The summed E-state index contributed by atoms with van der Waals surface area (Å²) < 4.78 is 0. The Morgan fingerprint density at radius 3 is 2.19 bits per heavy atom. The van der Waals surface area contributed by atoms with E-state index in [1.807, 2.05) is 26.0 Å². The zero-order valence-corrected chi connectivity index (χ0v) is 16.7. The number of hydrogen-bond acceptors (Lipinski definition) is 3. The van der Waals surface area contributed by atoms with Crippen molar-refractivity contribution < 1.29 is 9.59 Å². The van der Waals surface area contributed by atoms with Crippen LogP contribution in [0.15, 0.2) is 24.3 Å². The summed E-state index contributed by atoms with van der Waals surface area (Å²) in [7, 11) is 0. The topological polar surface area (TPSA) is 52.7 Å². The highest BCUT2D eigenvalue weighted by atomic mass is 16.2. The predicted octanol–water partition coefficient (Wildman–Crippen LogP) is 4.04. The summed E-state index contributed by atoms with van der Waals surface area (Å²) in [6.07, 6.45) is 7.85. The number of anilines is 2. The van der Waals surface area contributed by atoms with Crippen molar-refractivity contribution in [3.05, 3.63) is 24.3 Å². The van der Waals surface area contributed by atoms with Crippen LogP contribution in [0.3, 0.4) is 0 Å². The zero-order valence-electron chi connectivity index (χ0n) is 16.7. The third kappa shape index (κ3) is 5.02. The van der Waals surface area contributed by atoms with E-state index in [1.165, 1.54) is 31.4 Å². The zero-order chi connectivity index (χ0) is 19.2. The molecule has 3 rings (SSSR count). The molecule has 0 unspecified atom stereocenters. The van der Waals surface area contributed by atoms with Crippen molar-refractivity contribution in [2.24, 2.45) is 5.92 Å². The number of rotatable bonds is 4. The van der Waals surface area contributed by atoms with Gasteiger partial charge in [-0.15, -0.1) is 0 Å². The predicted molar refractivity (Wildman–Crippen MR) is 110 cm³/mol. The highest BCUT2D eigenvalue weighted by Crippen LogP contribution is 2.24. The molecule has 2 fully saturated rings. The molecule has 1 N–H and O–H groups in total. The van der Waals surface area contributed by atoms with Crippen molar-refractivity contribution in [3.63, 3.8) is 0 Å². The number of hydrogen-bond donors (Lipinski definition) is 1. The Morgan fingerprint density at radius 2 is 1.56 bits per heavy atom. The van der Waals surface area contributed by atoms with Gasteiger partial charge in [-0.05, 0) is 56.4 Å². The van der Waals surface area contributed by atoms with Gasteiger partial charge in [0, 0.05) is 36.9 Å². The second-order valence-corrected chi connectivity index (χ2v) is 8.14. The molecule has 148 valence electrons. The number of piperidine rings is 1. The van der Waals surface area contributed by atoms with Crippen LogP contribution in [0.25, 0.3) is 0 Å². The van der Waals surface area contributed by atoms with Crippen molar-refractivity contribution >= 4 is 23.2 Å². The minimum absolute atomic E-state index is 0.0637. The molecule has 27 heavy (non-hydrogen) atoms. The van der Waals surface area contributed by atoms with Crippen LogP contribution in [-0.4, -0.2) is 42.4 Å². The molecule has 0 saturated carbocycles. The summed E-state index contributed by atoms with van der Waals surface area (Å²) in [5, 5.41) is 3.03. The Hall–Kier alpha value is -2.04. The minimum Gasteiger partial charge on any atom is -0.372 e. The molecule has 2 aliphatic heterocycles. The SMILES string of the molecule is CC(C)C(=O)N1CCCC[C@H]1C(=O)Nc1ccc(N2CCCCCC2)cc1. The van der Waals surface area contributed by atoms with Crippen LogP contribution in [0.1, 0.15) is 58.8 Å². The van der Waals surface area contributed by atoms with Crippen LogP contribution in [-0.2, 0) is 9.59 Å². The van der Waals surface area contributed by atoms with E-state index in [1.54, 1.807) is 4.90 Å². The number of nitrogens with one attached hydrogen (secondary N) is 1. The number of carbonyl (C=O) groups excluding carboxylic acids is 2. The summed E-state index contributed by atoms with van der Waals surface area (Å²) in [5.74, 6) is -0.0658. The fraction of sp³-hybridized carbons (Fsp3) is 0.636. The van der Waals surface area contributed by atoms with Crippen LogP contribution in [0.5, 0.6) is 0 Å². The van der Waals surface area contributed by atoms with Crippen LogP contribution in [0.4, 0.5) is 11.4 Å². The second kappa shape index (κ2) is 9.25. The van der Waals surface area contributed by atoms with Gasteiger partial charge in [0.15, 0.2) is 0 Å². The molecule has 5 nitrogen and oxygen atoms in total. The van der Waals surface area contributed by atoms with E-state index < -0.39 is 0 Å². The maximum atomic E-state index is 12.8. The van der Waals surface area contributed by atoms with Crippen molar-refractivity contribution in [1.82, 2.24) is 4.90 Å². The third-order valence-corrected chi connectivity index (χ3v) is 5.69. The molecule has 1 aromatic carbocycles. The lowest BCUT2D eigenvalue weighted by Gasteiger charge is -2.35. The lowest BCUT2D eigenvalue weighted by Crippen LogP contribution is -2.51. The molecule has 5 heteroatoms. The van der Waals surface area contributed by atoms with Crippen molar-refractivity contribution in [1.29, 1.82) is 0 Å². The molecule has 2 saturated heterocycles. The summed E-state index contributed by atoms with van der Waals surface area (Å²) >= 11 is 0. The van der Waals surface area contributed by atoms with Gasteiger partial charge in [-0.1, -0.05) is 26.7 Å². The Labute approximate surface area is 163 Å². The summed E-state index contributed by atoms with van der Waals surface area (Å²) in [6.45, 7) is 6.70. The Morgan fingerprint density at radius 1 is 0.926 bits per heavy atom. The standard InChI is InChI=1S/C22H33N3O2/c1-17(2)22(27)25-16-8-5-9-20(25)21(26)23-18-10-12-19(13-11-18)24-14-6-3-4-7-15-24/h10-13,17,20H,3-9,14-16H2,1-2H3,(H,23,26)/t20-/m0/s1. The molecule has 0 spiro atoms. The van der Waals surface area contributed by atoms with Gasteiger partial charge >= 0.3 is 0 Å².